The Kier molecular flexibility index (Phi) is 6.43. The van der Waals surface area contributed by atoms with E-state index in [0.29, 0.717) is 48.9 Å². The van der Waals surface area contributed by atoms with Crippen LogP contribution in [-0.4, -0.2) is 28.6 Å². The zero-order chi connectivity index (χ0) is 23.5. The van der Waals surface area contributed by atoms with E-state index in [2.05, 4.69) is 23.3 Å². The van der Waals surface area contributed by atoms with Crippen LogP contribution in [0.3, 0.4) is 0 Å². The lowest BCUT2D eigenvalue weighted by Gasteiger charge is -2.22. The Hall–Kier alpha value is -3.48. The number of hydrogen-bond donors (Lipinski definition) is 1. The first-order valence-corrected chi connectivity index (χ1v) is 12.1. The van der Waals surface area contributed by atoms with Crippen LogP contribution < -0.4 is 14.8 Å². The van der Waals surface area contributed by atoms with Crippen LogP contribution in [0.25, 0.3) is 0 Å². The fraction of sp³-hybridized carbons (Fsp3) is 0.407. The van der Waals surface area contributed by atoms with E-state index in [4.69, 9.17) is 13.9 Å². The van der Waals surface area contributed by atoms with Crippen molar-refractivity contribution in [3.63, 3.8) is 0 Å². The molecule has 1 aromatic carbocycles. The molecule has 3 aromatic rings. The highest BCUT2D eigenvalue weighted by molar-refractivity contribution is 5.74. The molecule has 0 spiro atoms. The molecule has 2 amide bonds. The highest BCUT2D eigenvalue weighted by Gasteiger charge is 2.37. The Bertz CT molecular complexity index is 1120. The molecule has 2 saturated carbocycles. The van der Waals surface area contributed by atoms with E-state index in [1.54, 1.807) is 12.3 Å². The molecule has 178 valence electrons. The molecule has 2 heterocycles. The average Bonchev–Trinajstić information content (AvgIpc) is 3.77. The molecular formula is C27H31N3O4. The maximum atomic E-state index is 12.9. The van der Waals surface area contributed by atoms with Crippen LogP contribution in [0.5, 0.6) is 17.4 Å². The number of carbonyl (C=O) groups is 1. The molecule has 5 rings (SSSR count). The summed E-state index contributed by atoms with van der Waals surface area (Å²) in [5, 5.41) is 3.03. The summed E-state index contributed by atoms with van der Waals surface area (Å²) in [7, 11) is 0. The van der Waals surface area contributed by atoms with E-state index in [1.807, 2.05) is 48.2 Å². The number of benzene rings is 1. The lowest BCUT2D eigenvalue weighted by Crippen LogP contribution is -2.40. The lowest BCUT2D eigenvalue weighted by atomic mass is 10.3. The fourth-order valence-corrected chi connectivity index (χ4v) is 4.10. The summed E-state index contributed by atoms with van der Waals surface area (Å²) < 4.78 is 17.5. The molecule has 34 heavy (non-hydrogen) atoms. The molecule has 2 aliphatic carbocycles. The number of para-hydroxylation sites is 2. The van der Waals surface area contributed by atoms with Crippen LogP contribution >= 0.6 is 0 Å². The van der Waals surface area contributed by atoms with Gasteiger partial charge in [-0.05, 0) is 61.9 Å². The van der Waals surface area contributed by atoms with Gasteiger partial charge in [-0.3, -0.25) is 0 Å². The molecule has 0 saturated heterocycles. The van der Waals surface area contributed by atoms with E-state index in [1.165, 1.54) is 6.42 Å². The molecule has 2 unspecified atom stereocenters. The number of rotatable bonds is 10. The monoisotopic (exact) mass is 461 g/mol. The van der Waals surface area contributed by atoms with Crippen LogP contribution in [0, 0.1) is 5.92 Å². The van der Waals surface area contributed by atoms with Gasteiger partial charge in [-0.25, -0.2) is 9.78 Å². The minimum absolute atomic E-state index is 0.0776. The molecule has 2 aromatic heterocycles. The largest absolute Gasteiger partial charge is 0.490 e. The molecular weight excluding hydrogens is 430 g/mol. The number of nitrogens with zero attached hydrogens (tertiary/aromatic N) is 2. The maximum absolute atomic E-state index is 12.9. The molecule has 2 atom stereocenters. The quantitative estimate of drug-likeness (QED) is 0.409. The van der Waals surface area contributed by atoms with E-state index in [0.717, 1.165) is 29.9 Å². The van der Waals surface area contributed by atoms with Crippen LogP contribution in [0.15, 0.2) is 59.1 Å². The second-order valence-corrected chi connectivity index (χ2v) is 9.13. The molecule has 2 fully saturated rings. The highest BCUT2D eigenvalue weighted by atomic mass is 16.5. The van der Waals surface area contributed by atoms with Crippen molar-refractivity contribution in [2.45, 2.75) is 58.2 Å². The number of amides is 2. The van der Waals surface area contributed by atoms with E-state index in [9.17, 15) is 4.79 Å². The van der Waals surface area contributed by atoms with Crippen molar-refractivity contribution >= 4 is 6.03 Å². The Balaban J connectivity index is 1.15. The first kappa shape index (κ1) is 22.3. The maximum Gasteiger partial charge on any atom is 0.318 e. The van der Waals surface area contributed by atoms with E-state index < -0.39 is 0 Å². The third-order valence-electron chi connectivity index (χ3n) is 6.34. The minimum Gasteiger partial charge on any atom is -0.490 e. The fourth-order valence-electron chi connectivity index (χ4n) is 4.10. The number of ether oxygens (including phenoxy) is 2. The second kappa shape index (κ2) is 9.79. The molecule has 7 nitrogen and oxygen atoms in total. The van der Waals surface area contributed by atoms with Crippen molar-refractivity contribution in [3.05, 3.63) is 71.8 Å². The first-order valence-electron chi connectivity index (χ1n) is 12.1. The summed E-state index contributed by atoms with van der Waals surface area (Å²) >= 11 is 0. The van der Waals surface area contributed by atoms with Gasteiger partial charge in [-0.1, -0.05) is 25.1 Å². The van der Waals surface area contributed by atoms with Gasteiger partial charge in [0.25, 0.3) is 0 Å². The van der Waals surface area contributed by atoms with Gasteiger partial charge in [0.05, 0.1) is 13.2 Å². The molecule has 0 bridgehead atoms. The zero-order valence-corrected chi connectivity index (χ0v) is 19.7. The van der Waals surface area contributed by atoms with Gasteiger partial charge in [0.1, 0.15) is 11.5 Å². The predicted molar refractivity (Wildman–Crippen MR) is 128 cm³/mol. The Morgan fingerprint density at radius 2 is 1.94 bits per heavy atom. The van der Waals surface area contributed by atoms with Gasteiger partial charge in [0.2, 0.25) is 5.88 Å². The number of aromatic nitrogens is 1. The Labute approximate surface area is 200 Å². The lowest BCUT2D eigenvalue weighted by molar-refractivity contribution is 0.186. The average molecular weight is 462 g/mol. The standard InChI is InChI=1S/C27H31N3O4/c1-3-32-24-6-4-5-7-25(24)34-26-13-8-19(15-28-26)16-29-27(31)30(20-9-10-20)17-21-11-12-23(33-21)22-14-18(22)2/h4-8,11-13,15,18,20,22H,3,9-10,14,16-17H2,1-2H3,(H,29,31). The van der Waals surface area contributed by atoms with Gasteiger partial charge in [-0.15, -0.1) is 0 Å². The third-order valence-corrected chi connectivity index (χ3v) is 6.34. The molecule has 7 heteroatoms. The zero-order valence-electron chi connectivity index (χ0n) is 19.7. The normalized spacial score (nSPS) is 18.9. The van der Waals surface area contributed by atoms with Crippen LogP contribution in [-0.2, 0) is 13.1 Å². The summed E-state index contributed by atoms with van der Waals surface area (Å²) in [5.41, 5.74) is 0.901. The molecule has 0 radical (unpaired) electrons. The van der Waals surface area contributed by atoms with Crippen LogP contribution in [0.1, 0.15) is 56.1 Å². The molecule has 1 N–H and O–H groups in total. The Morgan fingerprint density at radius 3 is 2.62 bits per heavy atom. The SMILES string of the molecule is CCOc1ccccc1Oc1ccc(CNC(=O)N(Cc2ccc(C3CC3C)o2)C2CC2)cn1. The highest BCUT2D eigenvalue weighted by Crippen LogP contribution is 2.47. The molecule has 0 aliphatic heterocycles. The number of carbonyl (C=O) groups excluding carboxylic acids is 1. The number of hydrogen-bond acceptors (Lipinski definition) is 5. The summed E-state index contributed by atoms with van der Waals surface area (Å²) in [6, 6.07) is 15.5. The van der Waals surface area contributed by atoms with Crippen molar-refractivity contribution < 1.29 is 18.7 Å². The summed E-state index contributed by atoms with van der Waals surface area (Å²) in [6.45, 7) is 5.63. The van der Waals surface area contributed by atoms with Crippen molar-refractivity contribution in [1.82, 2.24) is 15.2 Å². The summed E-state index contributed by atoms with van der Waals surface area (Å²) in [5.74, 6) is 4.92. The Morgan fingerprint density at radius 1 is 1.15 bits per heavy atom. The topological polar surface area (TPSA) is 76.8 Å². The number of urea groups is 1. The predicted octanol–water partition coefficient (Wildman–Crippen LogP) is 5.86. The van der Waals surface area contributed by atoms with Gasteiger partial charge in [-0.2, -0.15) is 0 Å². The number of furan rings is 1. The van der Waals surface area contributed by atoms with Gasteiger partial charge >= 0.3 is 6.03 Å². The number of nitrogens with one attached hydrogen (secondary N) is 1. The van der Waals surface area contributed by atoms with Gasteiger partial charge < -0.3 is 24.1 Å². The second-order valence-electron chi connectivity index (χ2n) is 9.13. The van der Waals surface area contributed by atoms with Gasteiger partial charge in [0.15, 0.2) is 11.5 Å². The number of pyridine rings is 1. The van der Waals surface area contributed by atoms with E-state index in [-0.39, 0.29) is 12.1 Å². The van der Waals surface area contributed by atoms with Crippen molar-refractivity contribution in [1.29, 1.82) is 0 Å². The summed E-state index contributed by atoms with van der Waals surface area (Å²) in [6.07, 6.45) is 4.99. The smallest absolute Gasteiger partial charge is 0.318 e. The van der Waals surface area contributed by atoms with Crippen LogP contribution in [0.2, 0.25) is 0 Å². The molecule has 2 aliphatic rings. The van der Waals surface area contributed by atoms with Crippen molar-refractivity contribution in [2.24, 2.45) is 5.92 Å². The minimum atomic E-state index is -0.0776. The first-order chi connectivity index (χ1) is 16.6. The van der Waals surface area contributed by atoms with Crippen LogP contribution in [0.4, 0.5) is 4.79 Å². The summed E-state index contributed by atoms with van der Waals surface area (Å²) in [4.78, 5) is 19.2. The van der Waals surface area contributed by atoms with Crippen molar-refractivity contribution in [2.75, 3.05) is 6.61 Å². The van der Waals surface area contributed by atoms with Crippen molar-refractivity contribution in [3.8, 4) is 17.4 Å². The van der Waals surface area contributed by atoms with E-state index >= 15 is 0 Å². The van der Waals surface area contributed by atoms with Gasteiger partial charge in [0, 0.05) is 30.8 Å². The third kappa shape index (κ3) is 5.35.